The van der Waals surface area contributed by atoms with Gasteiger partial charge in [0.15, 0.2) is 5.82 Å². The van der Waals surface area contributed by atoms with Crippen molar-refractivity contribution < 1.29 is 4.79 Å². The third-order valence-electron chi connectivity index (χ3n) is 4.99. The van der Waals surface area contributed by atoms with E-state index in [4.69, 9.17) is 0 Å². The Balaban J connectivity index is 1.31. The lowest BCUT2D eigenvalue weighted by Crippen LogP contribution is -2.52. The Morgan fingerprint density at radius 3 is 2.68 bits per heavy atom. The van der Waals surface area contributed by atoms with Crippen molar-refractivity contribution >= 4 is 17.4 Å². The fourth-order valence-electron chi connectivity index (χ4n) is 3.25. The van der Waals surface area contributed by atoms with Gasteiger partial charge in [0.05, 0.1) is 5.92 Å². The summed E-state index contributed by atoms with van der Waals surface area (Å²) in [5.41, 5.74) is 2.16. The highest BCUT2D eigenvalue weighted by atomic mass is 16.2. The van der Waals surface area contributed by atoms with Gasteiger partial charge in [-0.05, 0) is 36.6 Å². The van der Waals surface area contributed by atoms with Crippen molar-refractivity contribution in [1.29, 1.82) is 0 Å². The van der Waals surface area contributed by atoms with Gasteiger partial charge in [0.25, 0.3) is 0 Å². The summed E-state index contributed by atoms with van der Waals surface area (Å²) in [6, 6.07) is 11.9. The second-order valence-electron chi connectivity index (χ2n) is 7.08. The zero-order chi connectivity index (χ0) is 19.3. The standard InChI is InChI=1S/C21H24N6O/c1-2-3-5-16-6-8-18(9-7-16)25-21(28)17-13-26(14-17)19-12-20(23-15-22-19)27-11-4-10-24-27/h4,6-12,15,17H,2-3,5,13-14H2,1H3,(H,25,28). The summed E-state index contributed by atoms with van der Waals surface area (Å²) in [6.07, 6.45) is 8.54. The van der Waals surface area contributed by atoms with Gasteiger partial charge in [0.2, 0.25) is 5.91 Å². The van der Waals surface area contributed by atoms with E-state index in [0.29, 0.717) is 18.9 Å². The third-order valence-corrected chi connectivity index (χ3v) is 4.99. The van der Waals surface area contributed by atoms with Crippen LogP contribution in [0.3, 0.4) is 0 Å². The van der Waals surface area contributed by atoms with Gasteiger partial charge in [-0.15, -0.1) is 0 Å². The fourth-order valence-corrected chi connectivity index (χ4v) is 3.25. The lowest BCUT2D eigenvalue weighted by atomic mass is 9.99. The zero-order valence-electron chi connectivity index (χ0n) is 16.0. The maximum Gasteiger partial charge on any atom is 0.231 e. The summed E-state index contributed by atoms with van der Waals surface area (Å²) < 4.78 is 1.69. The highest BCUT2D eigenvalue weighted by Crippen LogP contribution is 2.25. The topological polar surface area (TPSA) is 75.9 Å². The summed E-state index contributed by atoms with van der Waals surface area (Å²) in [5, 5.41) is 7.21. The Labute approximate surface area is 164 Å². The minimum atomic E-state index is -0.0390. The second kappa shape index (κ2) is 8.21. The first kappa shape index (κ1) is 18.2. The predicted molar refractivity (Wildman–Crippen MR) is 109 cm³/mol. The molecule has 3 aromatic rings. The zero-order valence-corrected chi connectivity index (χ0v) is 16.0. The number of nitrogens with one attached hydrogen (secondary N) is 1. The molecule has 0 bridgehead atoms. The number of benzene rings is 1. The van der Waals surface area contributed by atoms with E-state index < -0.39 is 0 Å². The normalized spacial score (nSPS) is 14.0. The molecular weight excluding hydrogens is 352 g/mol. The molecule has 1 N–H and O–H groups in total. The van der Waals surface area contributed by atoms with Gasteiger partial charge in [-0.1, -0.05) is 25.5 Å². The molecular formula is C21H24N6O. The lowest BCUT2D eigenvalue weighted by molar-refractivity contribution is -0.120. The second-order valence-corrected chi connectivity index (χ2v) is 7.08. The summed E-state index contributed by atoms with van der Waals surface area (Å²) in [5.74, 6) is 1.54. The first-order valence-corrected chi connectivity index (χ1v) is 9.70. The fraction of sp³-hybridized carbons (Fsp3) is 0.333. The van der Waals surface area contributed by atoms with Gasteiger partial charge in [0.1, 0.15) is 12.1 Å². The van der Waals surface area contributed by atoms with Crippen LogP contribution in [0.15, 0.2) is 55.1 Å². The van der Waals surface area contributed by atoms with E-state index in [-0.39, 0.29) is 11.8 Å². The number of aryl methyl sites for hydroxylation is 1. The van der Waals surface area contributed by atoms with Crippen LogP contribution in [-0.2, 0) is 11.2 Å². The van der Waals surface area contributed by atoms with E-state index >= 15 is 0 Å². The Hall–Kier alpha value is -3.22. The van der Waals surface area contributed by atoms with Crippen molar-refractivity contribution in [3.05, 3.63) is 60.7 Å². The Morgan fingerprint density at radius 2 is 1.96 bits per heavy atom. The van der Waals surface area contributed by atoms with Gasteiger partial charge < -0.3 is 10.2 Å². The number of nitrogens with zero attached hydrogens (tertiary/aromatic N) is 5. The summed E-state index contributed by atoms with van der Waals surface area (Å²) >= 11 is 0. The molecule has 28 heavy (non-hydrogen) atoms. The van der Waals surface area contributed by atoms with Crippen molar-refractivity contribution in [2.75, 3.05) is 23.3 Å². The van der Waals surface area contributed by atoms with Crippen LogP contribution in [0.2, 0.25) is 0 Å². The number of aromatic nitrogens is 4. The lowest BCUT2D eigenvalue weighted by Gasteiger charge is -2.39. The molecule has 0 atom stereocenters. The minimum Gasteiger partial charge on any atom is -0.355 e. The van der Waals surface area contributed by atoms with Gasteiger partial charge in [-0.2, -0.15) is 5.10 Å². The molecule has 7 nitrogen and oxygen atoms in total. The van der Waals surface area contributed by atoms with Gasteiger partial charge in [-0.3, -0.25) is 4.79 Å². The van der Waals surface area contributed by atoms with Crippen molar-refractivity contribution in [3.63, 3.8) is 0 Å². The highest BCUT2D eigenvalue weighted by Gasteiger charge is 2.33. The van der Waals surface area contributed by atoms with Gasteiger partial charge in [0, 0.05) is 37.2 Å². The molecule has 0 unspecified atom stereocenters. The SMILES string of the molecule is CCCCc1ccc(NC(=O)C2CN(c3cc(-n4cccn4)ncn3)C2)cc1. The molecule has 1 aromatic carbocycles. The number of hydrogen-bond acceptors (Lipinski definition) is 5. The van der Waals surface area contributed by atoms with Crippen molar-refractivity contribution in [1.82, 2.24) is 19.7 Å². The molecule has 1 amide bonds. The van der Waals surface area contributed by atoms with Crippen molar-refractivity contribution in [2.45, 2.75) is 26.2 Å². The van der Waals surface area contributed by atoms with Crippen LogP contribution >= 0.6 is 0 Å². The number of amides is 1. The summed E-state index contributed by atoms with van der Waals surface area (Å²) in [6.45, 7) is 3.49. The number of rotatable bonds is 7. The average Bonchev–Trinajstić information content (AvgIpc) is 3.21. The van der Waals surface area contributed by atoms with E-state index in [2.05, 4.69) is 44.3 Å². The van der Waals surface area contributed by atoms with Gasteiger partial charge >= 0.3 is 0 Å². The molecule has 7 heteroatoms. The van der Waals surface area contributed by atoms with E-state index in [1.807, 2.05) is 30.5 Å². The molecule has 0 radical (unpaired) electrons. The van der Waals surface area contributed by atoms with E-state index in [9.17, 15) is 4.79 Å². The number of anilines is 2. The average molecular weight is 376 g/mol. The van der Waals surface area contributed by atoms with Crippen LogP contribution in [0, 0.1) is 5.92 Å². The number of carbonyl (C=O) groups excluding carboxylic acids is 1. The van der Waals surface area contributed by atoms with Crippen LogP contribution in [0.4, 0.5) is 11.5 Å². The van der Waals surface area contributed by atoms with Crippen molar-refractivity contribution in [3.8, 4) is 5.82 Å². The Bertz CT molecular complexity index is 916. The summed E-state index contributed by atoms with van der Waals surface area (Å²) in [7, 11) is 0. The van der Waals surface area contributed by atoms with Crippen LogP contribution < -0.4 is 10.2 Å². The maximum absolute atomic E-state index is 12.5. The van der Waals surface area contributed by atoms with Crippen LogP contribution in [0.1, 0.15) is 25.3 Å². The monoisotopic (exact) mass is 376 g/mol. The molecule has 0 aliphatic carbocycles. The van der Waals surface area contributed by atoms with Gasteiger partial charge in [-0.25, -0.2) is 14.6 Å². The van der Waals surface area contributed by atoms with E-state index in [0.717, 1.165) is 17.9 Å². The molecule has 144 valence electrons. The summed E-state index contributed by atoms with van der Waals surface area (Å²) in [4.78, 5) is 23.1. The molecule has 3 heterocycles. The Kier molecular flexibility index (Phi) is 5.32. The molecule has 0 spiro atoms. The van der Waals surface area contributed by atoms with Crippen molar-refractivity contribution in [2.24, 2.45) is 5.92 Å². The number of hydrogen-bond donors (Lipinski definition) is 1. The quantitative estimate of drug-likeness (QED) is 0.686. The molecule has 4 rings (SSSR count). The predicted octanol–water partition coefficient (Wildman–Crippen LogP) is 3.08. The highest BCUT2D eigenvalue weighted by molar-refractivity contribution is 5.94. The number of unbranched alkanes of at least 4 members (excludes halogenated alkanes) is 1. The molecule has 1 aliphatic rings. The van der Waals surface area contributed by atoms with E-state index in [1.165, 1.54) is 24.7 Å². The molecule has 2 aromatic heterocycles. The van der Waals surface area contributed by atoms with Crippen LogP contribution in [-0.4, -0.2) is 38.7 Å². The van der Waals surface area contributed by atoms with E-state index in [1.54, 1.807) is 10.9 Å². The number of carbonyl (C=O) groups is 1. The van der Waals surface area contributed by atoms with Crippen LogP contribution in [0.5, 0.6) is 0 Å². The largest absolute Gasteiger partial charge is 0.355 e. The molecule has 1 aliphatic heterocycles. The molecule has 1 saturated heterocycles. The minimum absolute atomic E-state index is 0.0390. The first-order valence-electron chi connectivity index (χ1n) is 9.70. The third kappa shape index (κ3) is 4.03. The maximum atomic E-state index is 12.5. The van der Waals surface area contributed by atoms with Crippen LogP contribution in [0.25, 0.3) is 5.82 Å². The smallest absolute Gasteiger partial charge is 0.231 e. The first-order chi connectivity index (χ1) is 13.7. The Morgan fingerprint density at radius 1 is 1.18 bits per heavy atom. The molecule has 1 fully saturated rings. The molecule has 0 saturated carbocycles.